The van der Waals surface area contributed by atoms with Crippen molar-refractivity contribution in [2.24, 2.45) is 0 Å². The van der Waals surface area contributed by atoms with Gasteiger partial charge in [0, 0.05) is 37.8 Å². The molecule has 0 amide bonds. The lowest BCUT2D eigenvalue weighted by Crippen LogP contribution is -2.32. The molecule has 0 unspecified atom stereocenters. The van der Waals surface area contributed by atoms with E-state index in [1.807, 2.05) is 18.2 Å². The van der Waals surface area contributed by atoms with E-state index >= 15 is 0 Å². The third-order valence-corrected chi connectivity index (χ3v) is 4.50. The first-order chi connectivity index (χ1) is 9.67. The lowest BCUT2D eigenvalue weighted by atomic mass is 10.1. The lowest BCUT2D eigenvalue weighted by Gasteiger charge is -2.24. The quantitative estimate of drug-likeness (QED) is 0.827. The van der Waals surface area contributed by atoms with E-state index in [0.717, 1.165) is 29.5 Å². The number of nitriles is 1. The first-order valence-corrected chi connectivity index (χ1v) is 7.41. The number of benzene rings is 1. The summed E-state index contributed by atoms with van der Waals surface area (Å²) < 4.78 is 11.8. The summed E-state index contributed by atoms with van der Waals surface area (Å²) in [6.07, 6.45) is 1.24. The Morgan fingerprint density at radius 1 is 1.45 bits per heavy atom. The van der Waals surface area contributed by atoms with E-state index in [9.17, 15) is 0 Å². The molecule has 0 N–H and O–H groups in total. The molecule has 2 atom stereocenters. The van der Waals surface area contributed by atoms with Gasteiger partial charge in [-0.15, -0.1) is 0 Å². The van der Waals surface area contributed by atoms with Crippen molar-refractivity contribution in [3.05, 3.63) is 33.8 Å². The van der Waals surface area contributed by atoms with Gasteiger partial charge >= 0.3 is 0 Å². The Bertz CT molecular complexity index is 501. The zero-order valence-electron chi connectivity index (χ0n) is 11.8. The van der Waals surface area contributed by atoms with E-state index in [2.05, 4.69) is 26.9 Å². The first kappa shape index (κ1) is 15.5. The maximum Gasteiger partial charge on any atom is 0.0991 e. The highest BCUT2D eigenvalue weighted by molar-refractivity contribution is 9.10. The second kappa shape index (κ2) is 7.19. The monoisotopic (exact) mass is 338 g/mol. The van der Waals surface area contributed by atoms with Gasteiger partial charge in [0.25, 0.3) is 0 Å². The number of hydrogen-bond acceptors (Lipinski definition) is 4. The zero-order valence-corrected chi connectivity index (χ0v) is 13.4. The maximum atomic E-state index is 9.01. The van der Waals surface area contributed by atoms with Crippen LogP contribution in [0.1, 0.15) is 17.5 Å². The second-order valence-corrected chi connectivity index (χ2v) is 5.90. The van der Waals surface area contributed by atoms with Crippen LogP contribution in [0.2, 0.25) is 0 Å². The van der Waals surface area contributed by atoms with Gasteiger partial charge in [-0.2, -0.15) is 5.26 Å². The molecule has 1 aromatic rings. The maximum absolute atomic E-state index is 9.01. The minimum atomic E-state index is 0.257. The SMILES string of the molecule is COC[C@@H]1C[C@@H](OC)CN1Cc1cc(C#N)ccc1Br. The van der Waals surface area contributed by atoms with Crippen LogP contribution in [0.25, 0.3) is 0 Å². The average Bonchev–Trinajstić information content (AvgIpc) is 2.84. The number of likely N-dealkylation sites (tertiary alicyclic amines) is 1. The molecule has 1 saturated heterocycles. The molecule has 0 saturated carbocycles. The molecule has 0 aliphatic carbocycles. The molecule has 1 aliphatic rings. The normalized spacial score (nSPS) is 22.9. The number of hydrogen-bond donors (Lipinski definition) is 0. The van der Waals surface area contributed by atoms with E-state index in [4.69, 9.17) is 14.7 Å². The molecule has 1 aromatic carbocycles. The summed E-state index contributed by atoms with van der Waals surface area (Å²) in [5.41, 5.74) is 1.82. The van der Waals surface area contributed by atoms with Crippen LogP contribution in [0.15, 0.2) is 22.7 Å². The van der Waals surface area contributed by atoms with E-state index in [-0.39, 0.29) is 6.10 Å². The minimum Gasteiger partial charge on any atom is -0.383 e. The fraction of sp³-hybridized carbons (Fsp3) is 0.533. The topological polar surface area (TPSA) is 45.5 Å². The van der Waals surface area contributed by atoms with Crippen LogP contribution in [0, 0.1) is 11.3 Å². The van der Waals surface area contributed by atoms with Crippen molar-refractivity contribution < 1.29 is 9.47 Å². The van der Waals surface area contributed by atoms with Crippen LogP contribution in [0.4, 0.5) is 0 Å². The molecule has 1 fully saturated rings. The second-order valence-electron chi connectivity index (χ2n) is 5.05. The van der Waals surface area contributed by atoms with Crippen LogP contribution < -0.4 is 0 Å². The van der Waals surface area contributed by atoms with Gasteiger partial charge in [-0.25, -0.2) is 0 Å². The summed E-state index contributed by atoms with van der Waals surface area (Å²) in [6.45, 7) is 2.40. The highest BCUT2D eigenvalue weighted by Gasteiger charge is 2.32. The standard InChI is InChI=1S/C15H19BrN2O2/c1-19-10-13-6-14(20-2)9-18(13)8-12-5-11(7-17)3-4-15(12)16/h3-5,13-14H,6,8-10H2,1-2H3/t13-,14+/m0/s1. The van der Waals surface area contributed by atoms with Gasteiger partial charge in [0.05, 0.1) is 24.3 Å². The van der Waals surface area contributed by atoms with Gasteiger partial charge in [-0.05, 0) is 30.2 Å². The number of ether oxygens (including phenoxy) is 2. The van der Waals surface area contributed by atoms with E-state index in [1.165, 1.54) is 0 Å². The van der Waals surface area contributed by atoms with Gasteiger partial charge in [0.15, 0.2) is 0 Å². The fourth-order valence-corrected chi connectivity index (χ4v) is 3.02. The van der Waals surface area contributed by atoms with Crippen molar-refractivity contribution in [2.45, 2.75) is 25.1 Å². The number of halogens is 1. The number of nitrogens with zero attached hydrogens (tertiary/aromatic N) is 2. The molecule has 5 heteroatoms. The molecule has 0 aromatic heterocycles. The Morgan fingerprint density at radius 3 is 2.90 bits per heavy atom. The van der Waals surface area contributed by atoms with Gasteiger partial charge in [-0.3, -0.25) is 4.90 Å². The molecular weight excluding hydrogens is 320 g/mol. The molecule has 2 rings (SSSR count). The smallest absolute Gasteiger partial charge is 0.0991 e. The summed E-state index contributed by atoms with van der Waals surface area (Å²) in [5.74, 6) is 0. The molecule has 1 heterocycles. The van der Waals surface area contributed by atoms with Crippen molar-refractivity contribution in [2.75, 3.05) is 27.4 Å². The third-order valence-electron chi connectivity index (χ3n) is 3.73. The van der Waals surface area contributed by atoms with E-state index in [1.54, 1.807) is 14.2 Å². The minimum absolute atomic E-state index is 0.257. The summed E-state index contributed by atoms with van der Waals surface area (Å²) in [5, 5.41) is 9.01. The molecule has 0 bridgehead atoms. The summed E-state index contributed by atoms with van der Waals surface area (Å²) in [4.78, 5) is 2.36. The van der Waals surface area contributed by atoms with Crippen molar-refractivity contribution in [3.63, 3.8) is 0 Å². The van der Waals surface area contributed by atoms with Crippen LogP contribution in [0.5, 0.6) is 0 Å². The average molecular weight is 339 g/mol. The number of rotatable bonds is 5. The lowest BCUT2D eigenvalue weighted by molar-refractivity contribution is 0.106. The Morgan fingerprint density at radius 2 is 2.25 bits per heavy atom. The Labute approximate surface area is 128 Å². The van der Waals surface area contributed by atoms with Crippen LogP contribution in [-0.2, 0) is 16.0 Å². The predicted octanol–water partition coefficient (Wildman–Crippen LogP) is 2.56. The van der Waals surface area contributed by atoms with Crippen LogP contribution in [-0.4, -0.2) is 44.4 Å². The Kier molecular flexibility index (Phi) is 5.55. The molecule has 20 heavy (non-hydrogen) atoms. The fourth-order valence-electron chi connectivity index (χ4n) is 2.65. The summed E-state index contributed by atoms with van der Waals surface area (Å²) >= 11 is 3.56. The Hall–Kier alpha value is -0.930. The van der Waals surface area contributed by atoms with E-state index < -0.39 is 0 Å². The molecule has 1 aliphatic heterocycles. The molecule has 0 spiro atoms. The molecule has 0 radical (unpaired) electrons. The highest BCUT2D eigenvalue weighted by Crippen LogP contribution is 2.26. The Balaban J connectivity index is 2.13. The van der Waals surface area contributed by atoms with Crippen molar-refractivity contribution in [3.8, 4) is 6.07 Å². The van der Waals surface area contributed by atoms with Gasteiger partial charge in [0.2, 0.25) is 0 Å². The van der Waals surface area contributed by atoms with Gasteiger partial charge in [0.1, 0.15) is 0 Å². The van der Waals surface area contributed by atoms with Crippen molar-refractivity contribution >= 4 is 15.9 Å². The van der Waals surface area contributed by atoms with Crippen molar-refractivity contribution in [1.82, 2.24) is 4.90 Å². The predicted molar refractivity (Wildman–Crippen MR) is 80.3 cm³/mol. The molecule has 4 nitrogen and oxygen atoms in total. The summed E-state index contributed by atoms with van der Waals surface area (Å²) in [7, 11) is 3.48. The first-order valence-electron chi connectivity index (χ1n) is 6.62. The van der Waals surface area contributed by atoms with Crippen LogP contribution >= 0.6 is 15.9 Å². The van der Waals surface area contributed by atoms with E-state index in [0.29, 0.717) is 18.2 Å². The van der Waals surface area contributed by atoms with Crippen LogP contribution in [0.3, 0.4) is 0 Å². The highest BCUT2D eigenvalue weighted by atomic mass is 79.9. The third kappa shape index (κ3) is 3.58. The largest absolute Gasteiger partial charge is 0.383 e. The van der Waals surface area contributed by atoms with Gasteiger partial charge in [-0.1, -0.05) is 15.9 Å². The molecular formula is C15H19BrN2O2. The summed E-state index contributed by atoms with van der Waals surface area (Å²) in [6, 6.07) is 8.24. The van der Waals surface area contributed by atoms with Crippen molar-refractivity contribution in [1.29, 1.82) is 5.26 Å². The zero-order chi connectivity index (χ0) is 14.5. The molecule has 108 valence electrons. The number of methoxy groups -OCH3 is 2. The van der Waals surface area contributed by atoms with Gasteiger partial charge < -0.3 is 9.47 Å².